The van der Waals surface area contributed by atoms with Crippen LogP contribution in [0.3, 0.4) is 0 Å². The van der Waals surface area contributed by atoms with Gasteiger partial charge in [0.2, 0.25) is 5.91 Å². The second-order valence-corrected chi connectivity index (χ2v) is 8.87. The molecule has 1 saturated heterocycles. The van der Waals surface area contributed by atoms with Crippen molar-refractivity contribution in [1.29, 1.82) is 0 Å². The van der Waals surface area contributed by atoms with Gasteiger partial charge in [-0.05, 0) is 63.3 Å². The molecule has 2 aromatic rings. The molecular weight excluding hydrogens is 435 g/mol. The monoisotopic (exact) mass is 468 g/mol. The van der Waals surface area contributed by atoms with Crippen molar-refractivity contribution in [2.24, 2.45) is 5.92 Å². The average Bonchev–Trinajstić information content (AvgIpc) is 2.84. The molecule has 7 nitrogen and oxygen atoms in total. The normalized spacial score (nSPS) is 15.8. The van der Waals surface area contributed by atoms with Crippen LogP contribution in [0.15, 0.2) is 48.5 Å². The molecule has 182 valence electrons. The van der Waals surface area contributed by atoms with Crippen LogP contribution in [-0.2, 0) is 4.79 Å². The predicted octanol–water partition coefficient (Wildman–Crippen LogP) is 4.09. The first kappa shape index (κ1) is 25.2. The number of rotatable bonds is 7. The highest BCUT2D eigenvalue weighted by atomic mass is 19.1. The molecule has 0 aromatic heterocycles. The summed E-state index contributed by atoms with van der Waals surface area (Å²) in [4.78, 5) is 40.2. The Morgan fingerprint density at radius 2 is 1.68 bits per heavy atom. The van der Waals surface area contributed by atoms with Crippen LogP contribution in [0.25, 0.3) is 0 Å². The first-order chi connectivity index (χ1) is 16.3. The number of carbonyl (C=O) groups is 3. The van der Waals surface area contributed by atoms with Crippen molar-refractivity contribution < 1.29 is 18.8 Å². The molecule has 34 heavy (non-hydrogen) atoms. The summed E-state index contributed by atoms with van der Waals surface area (Å²) >= 11 is 0. The van der Waals surface area contributed by atoms with Gasteiger partial charge in [-0.3, -0.25) is 9.59 Å². The van der Waals surface area contributed by atoms with E-state index in [1.165, 1.54) is 18.2 Å². The summed E-state index contributed by atoms with van der Waals surface area (Å²) in [7, 11) is 0. The number of nitrogens with zero attached hydrogens (tertiary/aromatic N) is 1. The van der Waals surface area contributed by atoms with E-state index in [9.17, 15) is 18.8 Å². The standard InChI is InChI=1S/C26H33FN4O3/c1-4-18(3)28-25(33)23(30-24(32)21-7-5-6-8-22(21)27)19-13-15-31(16-14-19)26(34)29-20-11-9-17(2)10-12-20/h5-12,18-19,23H,4,13-16H2,1-3H3,(H,28,33)(H,29,34)(H,30,32)/t18-,23+/m0/s1. The van der Waals surface area contributed by atoms with Crippen LogP contribution in [0.2, 0.25) is 0 Å². The number of halogens is 1. The van der Waals surface area contributed by atoms with E-state index < -0.39 is 17.8 Å². The summed E-state index contributed by atoms with van der Waals surface area (Å²) in [5.41, 5.74) is 1.73. The van der Waals surface area contributed by atoms with Crippen LogP contribution in [0.5, 0.6) is 0 Å². The van der Waals surface area contributed by atoms with Crippen molar-refractivity contribution in [1.82, 2.24) is 15.5 Å². The van der Waals surface area contributed by atoms with E-state index in [0.29, 0.717) is 25.9 Å². The van der Waals surface area contributed by atoms with Crippen LogP contribution in [0.4, 0.5) is 14.9 Å². The Kier molecular flexibility index (Phi) is 8.62. The van der Waals surface area contributed by atoms with Gasteiger partial charge in [0, 0.05) is 24.8 Å². The summed E-state index contributed by atoms with van der Waals surface area (Å²) < 4.78 is 14.1. The zero-order chi connectivity index (χ0) is 24.7. The number of urea groups is 1. The number of hydrogen-bond donors (Lipinski definition) is 3. The minimum atomic E-state index is -0.816. The Morgan fingerprint density at radius 3 is 2.29 bits per heavy atom. The Bertz CT molecular complexity index is 1000. The van der Waals surface area contributed by atoms with E-state index in [1.807, 2.05) is 45.0 Å². The van der Waals surface area contributed by atoms with Gasteiger partial charge in [0.15, 0.2) is 0 Å². The van der Waals surface area contributed by atoms with Crippen molar-refractivity contribution in [3.63, 3.8) is 0 Å². The maximum atomic E-state index is 14.1. The predicted molar refractivity (Wildman–Crippen MR) is 130 cm³/mol. The van der Waals surface area contributed by atoms with E-state index in [-0.39, 0.29) is 29.5 Å². The Balaban J connectivity index is 1.66. The minimum Gasteiger partial charge on any atom is -0.352 e. The number of amides is 4. The number of likely N-dealkylation sites (tertiary alicyclic amines) is 1. The third-order valence-corrected chi connectivity index (χ3v) is 6.29. The smallest absolute Gasteiger partial charge is 0.321 e. The fourth-order valence-corrected chi connectivity index (χ4v) is 3.97. The van der Waals surface area contributed by atoms with Gasteiger partial charge in [0.05, 0.1) is 5.56 Å². The Labute approximate surface area is 200 Å². The van der Waals surface area contributed by atoms with E-state index in [2.05, 4.69) is 16.0 Å². The SMILES string of the molecule is CC[C@H](C)NC(=O)[C@H](NC(=O)c1ccccc1F)C1CCN(C(=O)Nc2ccc(C)cc2)CC1. The number of anilines is 1. The van der Waals surface area contributed by atoms with Gasteiger partial charge in [-0.1, -0.05) is 36.8 Å². The Morgan fingerprint density at radius 1 is 1.03 bits per heavy atom. The molecule has 1 heterocycles. The molecule has 2 atom stereocenters. The van der Waals surface area contributed by atoms with E-state index >= 15 is 0 Å². The van der Waals surface area contributed by atoms with Crippen molar-refractivity contribution in [3.05, 3.63) is 65.5 Å². The van der Waals surface area contributed by atoms with Crippen molar-refractivity contribution in [2.75, 3.05) is 18.4 Å². The highest BCUT2D eigenvalue weighted by Gasteiger charge is 2.34. The van der Waals surface area contributed by atoms with Gasteiger partial charge < -0.3 is 20.9 Å². The van der Waals surface area contributed by atoms with Gasteiger partial charge in [0.1, 0.15) is 11.9 Å². The molecule has 0 bridgehead atoms. The van der Waals surface area contributed by atoms with Crippen molar-refractivity contribution >= 4 is 23.5 Å². The summed E-state index contributed by atoms with van der Waals surface area (Å²) in [5.74, 6) is -1.73. The van der Waals surface area contributed by atoms with Gasteiger partial charge in [0.25, 0.3) is 5.91 Å². The van der Waals surface area contributed by atoms with Crippen LogP contribution in [0.1, 0.15) is 49.0 Å². The number of nitrogens with one attached hydrogen (secondary N) is 3. The third kappa shape index (κ3) is 6.56. The van der Waals surface area contributed by atoms with Crippen LogP contribution >= 0.6 is 0 Å². The molecule has 2 aromatic carbocycles. The molecule has 0 unspecified atom stereocenters. The summed E-state index contributed by atoms with van der Waals surface area (Å²) in [5, 5.41) is 8.58. The number of hydrogen-bond acceptors (Lipinski definition) is 3. The number of aryl methyl sites for hydroxylation is 1. The number of piperidine rings is 1. The molecular formula is C26H33FN4O3. The van der Waals surface area contributed by atoms with Gasteiger partial charge in [-0.15, -0.1) is 0 Å². The highest BCUT2D eigenvalue weighted by molar-refractivity contribution is 5.98. The Hall–Kier alpha value is -3.42. The first-order valence-corrected chi connectivity index (χ1v) is 11.8. The number of carbonyl (C=O) groups excluding carboxylic acids is 3. The van der Waals surface area contributed by atoms with Crippen LogP contribution in [0, 0.1) is 18.7 Å². The van der Waals surface area contributed by atoms with E-state index in [4.69, 9.17) is 0 Å². The van der Waals surface area contributed by atoms with E-state index in [0.717, 1.165) is 17.7 Å². The first-order valence-electron chi connectivity index (χ1n) is 11.8. The lowest BCUT2D eigenvalue weighted by atomic mass is 9.88. The average molecular weight is 469 g/mol. The largest absolute Gasteiger partial charge is 0.352 e. The molecule has 4 amide bonds. The lowest BCUT2D eigenvalue weighted by molar-refractivity contribution is -0.125. The summed E-state index contributed by atoms with van der Waals surface area (Å²) in [6.45, 7) is 6.74. The van der Waals surface area contributed by atoms with Gasteiger partial charge in [-0.2, -0.15) is 0 Å². The fraction of sp³-hybridized carbons (Fsp3) is 0.423. The molecule has 8 heteroatoms. The molecule has 3 rings (SSSR count). The van der Waals surface area contributed by atoms with Gasteiger partial charge in [-0.25, -0.2) is 9.18 Å². The lowest BCUT2D eigenvalue weighted by Gasteiger charge is -2.36. The van der Waals surface area contributed by atoms with E-state index in [1.54, 1.807) is 11.0 Å². The molecule has 1 aliphatic rings. The van der Waals surface area contributed by atoms with Crippen molar-refractivity contribution in [2.45, 2.75) is 52.1 Å². The maximum Gasteiger partial charge on any atom is 0.321 e. The fourth-order valence-electron chi connectivity index (χ4n) is 3.97. The van der Waals surface area contributed by atoms with Crippen LogP contribution < -0.4 is 16.0 Å². The molecule has 1 fully saturated rings. The minimum absolute atomic E-state index is 0.0549. The van der Waals surface area contributed by atoms with Crippen molar-refractivity contribution in [3.8, 4) is 0 Å². The summed E-state index contributed by atoms with van der Waals surface area (Å²) in [6, 6.07) is 12.2. The second kappa shape index (κ2) is 11.6. The van der Waals surface area contributed by atoms with Gasteiger partial charge >= 0.3 is 6.03 Å². The molecule has 1 aliphatic heterocycles. The topological polar surface area (TPSA) is 90.5 Å². The molecule has 0 spiro atoms. The molecule has 3 N–H and O–H groups in total. The summed E-state index contributed by atoms with van der Waals surface area (Å²) in [6.07, 6.45) is 1.83. The molecule has 0 aliphatic carbocycles. The maximum absolute atomic E-state index is 14.1. The molecule has 0 radical (unpaired) electrons. The quantitative estimate of drug-likeness (QED) is 0.572. The second-order valence-electron chi connectivity index (χ2n) is 8.87. The zero-order valence-corrected chi connectivity index (χ0v) is 19.9. The number of benzene rings is 2. The lowest BCUT2D eigenvalue weighted by Crippen LogP contribution is -2.55. The van der Waals surface area contributed by atoms with Crippen LogP contribution in [-0.4, -0.2) is 47.9 Å². The molecule has 0 saturated carbocycles. The highest BCUT2D eigenvalue weighted by Crippen LogP contribution is 2.23. The zero-order valence-electron chi connectivity index (χ0n) is 19.9. The third-order valence-electron chi connectivity index (χ3n) is 6.29.